The highest BCUT2D eigenvalue weighted by Gasteiger charge is 2.33. The SMILES string of the molecule is CCC[C@H](NC(=O)[C@H](CC(C)C)C(=O)OCc1ccccc1)C(=O)c1nnc(-c2ccco2)o1. The number of Topliss-reactive ketones (excluding diaryl/α,β-unsaturated/α-hetero) is 1. The van der Waals surface area contributed by atoms with Crippen molar-refractivity contribution in [3.63, 3.8) is 0 Å². The molecular weight excluding hydrogens is 438 g/mol. The minimum absolute atomic E-state index is 0.0622. The van der Waals surface area contributed by atoms with E-state index in [2.05, 4.69) is 15.5 Å². The van der Waals surface area contributed by atoms with Gasteiger partial charge in [-0.15, -0.1) is 10.2 Å². The molecular formula is C25H29N3O6. The van der Waals surface area contributed by atoms with Crippen LogP contribution in [0.1, 0.15) is 56.3 Å². The Morgan fingerprint density at radius 1 is 1.06 bits per heavy atom. The van der Waals surface area contributed by atoms with Crippen molar-refractivity contribution in [2.45, 2.75) is 52.7 Å². The monoisotopic (exact) mass is 467 g/mol. The number of carbonyl (C=O) groups excluding carboxylic acids is 3. The van der Waals surface area contributed by atoms with E-state index in [1.165, 1.54) is 6.26 Å². The van der Waals surface area contributed by atoms with Crippen molar-refractivity contribution in [2.24, 2.45) is 11.8 Å². The molecule has 1 N–H and O–H groups in total. The molecule has 2 heterocycles. The number of nitrogens with zero attached hydrogens (tertiary/aromatic N) is 2. The van der Waals surface area contributed by atoms with Gasteiger partial charge in [-0.1, -0.05) is 57.5 Å². The van der Waals surface area contributed by atoms with Gasteiger partial charge in [-0.25, -0.2) is 0 Å². The molecule has 0 saturated carbocycles. The van der Waals surface area contributed by atoms with E-state index in [1.807, 2.05) is 51.1 Å². The maximum atomic E-state index is 13.1. The van der Waals surface area contributed by atoms with Crippen LogP contribution in [0.2, 0.25) is 0 Å². The minimum atomic E-state index is -1.04. The van der Waals surface area contributed by atoms with Crippen LogP contribution in [0, 0.1) is 11.8 Å². The van der Waals surface area contributed by atoms with E-state index in [1.54, 1.807) is 12.1 Å². The molecule has 1 aromatic carbocycles. The molecule has 0 spiro atoms. The summed E-state index contributed by atoms with van der Waals surface area (Å²) in [5.41, 5.74) is 0.822. The summed E-state index contributed by atoms with van der Waals surface area (Å²) in [7, 11) is 0. The molecule has 180 valence electrons. The number of amides is 1. The maximum absolute atomic E-state index is 13.1. The lowest BCUT2D eigenvalue weighted by atomic mass is 9.95. The number of ketones is 1. The van der Waals surface area contributed by atoms with Crippen LogP contribution in [0.3, 0.4) is 0 Å². The molecule has 0 unspecified atom stereocenters. The zero-order valence-electron chi connectivity index (χ0n) is 19.5. The van der Waals surface area contributed by atoms with E-state index in [-0.39, 0.29) is 30.7 Å². The molecule has 0 bridgehead atoms. The maximum Gasteiger partial charge on any atom is 0.318 e. The number of nitrogens with one attached hydrogen (secondary N) is 1. The number of hydrogen-bond donors (Lipinski definition) is 1. The largest absolute Gasteiger partial charge is 0.460 e. The van der Waals surface area contributed by atoms with E-state index in [0.29, 0.717) is 18.6 Å². The van der Waals surface area contributed by atoms with Gasteiger partial charge in [-0.3, -0.25) is 14.4 Å². The summed E-state index contributed by atoms with van der Waals surface area (Å²) in [6.07, 6.45) is 2.70. The minimum Gasteiger partial charge on any atom is -0.460 e. The molecule has 0 aliphatic carbocycles. The molecule has 3 rings (SSSR count). The Labute approximate surface area is 197 Å². The number of hydrogen-bond acceptors (Lipinski definition) is 8. The van der Waals surface area contributed by atoms with E-state index in [0.717, 1.165) is 5.56 Å². The highest BCUT2D eigenvalue weighted by Crippen LogP contribution is 2.20. The van der Waals surface area contributed by atoms with Crippen molar-refractivity contribution in [2.75, 3.05) is 0 Å². The summed E-state index contributed by atoms with van der Waals surface area (Å²) in [6, 6.07) is 11.6. The van der Waals surface area contributed by atoms with Crippen LogP contribution < -0.4 is 5.32 Å². The molecule has 2 atom stereocenters. The van der Waals surface area contributed by atoms with E-state index in [4.69, 9.17) is 13.6 Å². The first-order chi connectivity index (χ1) is 16.4. The predicted molar refractivity (Wildman–Crippen MR) is 122 cm³/mol. The first-order valence-corrected chi connectivity index (χ1v) is 11.3. The highest BCUT2D eigenvalue weighted by molar-refractivity contribution is 6.02. The molecule has 9 nitrogen and oxygen atoms in total. The van der Waals surface area contributed by atoms with Crippen molar-refractivity contribution in [3.8, 4) is 11.7 Å². The number of benzene rings is 1. The van der Waals surface area contributed by atoms with Crippen LogP contribution in [0.15, 0.2) is 57.6 Å². The zero-order chi connectivity index (χ0) is 24.5. The van der Waals surface area contributed by atoms with Gasteiger partial charge >= 0.3 is 5.97 Å². The van der Waals surface area contributed by atoms with Crippen LogP contribution in [0.5, 0.6) is 0 Å². The number of esters is 1. The standard InChI is InChI=1S/C25H29N3O6/c1-4-9-19(21(29)24-28-27-23(34-24)20-12-8-13-32-20)26-22(30)18(14-16(2)3)25(31)33-15-17-10-6-5-7-11-17/h5-8,10-13,16,18-19H,4,9,14-15H2,1-3H3,(H,26,30)/t18-,19-/m0/s1. The van der Waals surface area contributed by atoms with Gasteiger partial charge < -0.3 is 18.9 Å². The van der Waals surface area contributed by atoms with Gasteiger partial charge in [0.15, 0.2) is 5.76 Å². The van der Waals surface area contributed by atoms with Crippen LogP contribution in [0.4, 0.5) is 0 Å². The Morgan fingerprint density at radius 3 is 2.47 bits per heavy atom. The third-order valence-corrected chi connectivity index (χ3v) is 5.11. The lowest BCUT2D eigenvalue weighted by Gasteiger charge is -2.21. The number of carbonyl (C=O) groups is 3. The Bertz CT molecular complexity index is 1080. The Hall–Kier alpha value is -3.75. The van der Waals surface area contributed by atoms with Crippen molar-refractivity contribution in [1.82, 2.24) is 15.5 Å². The topological polar surface area (TPSA) is 125 Å². The molecule has 0 radical (unpaired) electrons. The van der Waals surface area contributed by atoms with Gasteiger partial charge in [0.2, 0.25) is 11.7 Å². The molecule has 1 amide bonds. The normalized spacial score (nSPS) is 12.8. The molecule has 0 saturated heterocycles. The van der Waals surface area contributed by atoms with E-state index < -0.39 is 29.6 Å². The first kappa shape index (κ1) is 24.9. The number of furan rings is 1. The van der Waals surface area contributed by atoms with E-state index >= 15 is 0 Å². The van der Waals surface area contributed by atoms with Gasteiger partial charge in [-0.2, -0.15) is 0 Å². The van der Waals surface area contributed by atoms with Gasteiger partial charge in [0.1, 0.15) is 12.5 Å². The average molecular weight is 468 g/mol. The van der Waals surface area contributed by atoms with Crippen molar-refractivity contribution in [3.05, 3.63) is 60.2 Å². The fourth-order valence-corrected chi connectivity index (χ4v) is 3.41. The third kappa shape index (κ3) is 6.63. The molecule has 0 fully saturated rings. The van der Waals surface area contributed by atoms with E-state index in [9.17, 15) is 14.4 Å². The van der Waals surface area contributed by atoms with Crippen LogP contribution in [-0.2, 0) is 20.9 Å². The second kappa shape index (κ2) is 11.9. The number of rotatable bonds is 12. The van der Waals surface area contributed by atoms with Gasteiger partial charge in [0.25, 0.3) is 11.8 Å². The van der Waals surface area contributed by atoms with Crippen molar-refractivity contribution >= 4 is 17.7 Å². The van der Waals surface area contributed by atoms with Gasteiger partial charge in [0, 0.05) is 0 Å². The summed E-state index contributed by atoms with van der Waals surface area (Å²) < 4.78 is 16.1. The molecule has 0 aliphatic rings. The average Bonchev–Trinajstić information content (AvgIpc) is 3.53. The quantitative estimate of drug-likeness (QED) is 0.239. The van der Waals surface area contributed by atoms with Gasteiger partial charge in [-0.05, 0) is 36.5 Å². The van der Waals surface area contributed by atoms with Crippen LogP contribution in [-0.4, -0.2) is 33.9 Å². The number of aromatic nitrogens is 2. The van der Waals surface area contributed by atoms with Gasteiger partial charge in [0.05, 0.1) is 12.3 Å². The second-order valence-corrected chi connectivity index (χ2v) is 8.38. The second-order valence-electron chi connectivity index (χ2n) is 8.38. The summed E-state index contributed by atoms with van der Waals surface area (Å²) >= 11 is 0. The zero-order valence-corrected chi connectivity index (χ0v) is 19.5. The Morgan fingerprint density at radius 2 is 1.82 bits per heavy atom. The summed E-state index contributed by atoms with van der Waals surface area (Å²) in [4.78, 5) is 38.9. The summed E-state index contributed by atoms with van der Waals surface area (Å²) in [5, 5.41) is 10.3. The lowest BCUT2D eigenvalue weighted by Crippen LogP contribution is -2.46. The molecule has 3 aromatic rings. The Balaban J connectivity index is 1.70. The third-order valence-electron chi connectivity index (χ3n) is 5.11. The predicted octanol–water partition coefficient (Wildman–Crippen LogP) is 4.20. The summed E-state index contributed by atoms with van der Waals surface area (Å²) in [5.74, 6) is -2.54. The van der Waals surface area contributed by atoms with Crippen molar-refractivity contribution < 1.29 is 28.0 Å². The smallest absolute Gasteiger partial charge is 0.318 e. The Kier molecular flexibility index (Phi) is 8.73. The number of ether oxygens (including phenoxy) is 1. The molecule has 0 aliphatic heterocycles. The molecule has 34 heavy (non-hydrogen) atoms. The van der Waals surface area contributed by atoms with Crippen molar-refractivity contribution in [1.29, 1.82) is 0 Å². The molecule has 9 heteroatoms. The molecule has 2 aromatic heterocycles. The van der Waals surface area contributed by atoms with Crippen LogP contribution >= 0.6 is 0 Å². The fourth-order valence-electron chi connectivity index (χ4n) is 3.41. The fraction of sp³-hybridized carbons (Fsp3) is 0.400. The highest BCUT2D eigenvalue weighted by atomic mass is 16.5. The first-order valence-electron chi connectivity index (χ1n) is 11.3. The lowest BCUT2D eigenvalue weighted by molar-refractivity contribution is -0.154. The van der Waals surface area contributed by atoms with Crippen LogP contribution in [0.25, 0.3) is 11.7 Å². The summed E-state index contributed by atoms with van der Waals surface area (Å²) in [6.45, 7) is 5.77.